The Bertz CT molecular complexity index is 809. The van der Waals surface area contributed by atoms with Crippen molar-refractivity contribution in [3.8, 4) is 5.75 Å². The molecule has 0 bridgehead atoms. The maximum absolute atomic E-state index is 11.5. The maximum atomic E-state index is 11.5. The molecule has 25 heavy (non-hydrogen) atoms. The predicted molar refractivity (Wildman–Crippen MR) is 97.9 cm³/mol. The maximum Gasteiger partial charge on any atom is 0.224 e. The SMILES string of the molecule is COc1ccc(CCNc2ccnc(NC3CCS(=O)(=O)C3)n2)cc1. The third-order valence-electron chi connectivity index (χ3n) is 4.10. The minimum absolute atomic E-state index is 0.112. The second-order valence-electron chi connectivity index (χ2n) is 6.03. The topological polar surface area (TPSA) is 93.2 Å². The van der Waals surface area contributed by atoms with Crippen molar-refractivity contribution >= 4 is 21.6 Å². The second-order valence-corrected chi connectivity index (χ2v) is 8.26. The van der Waals surface area contributed by atoms with Crippen LogP contribution in [0.25, 0.3) is 0 Å². The molecule has 134 valence electrons. The number of anilines is 2. The molecule has 1 fully saturated rings. The van der Waals surface area contributed by atoms with E-state index in [1.54, 1.807) is 19.4 Å². The van der Waals surface area contributed by atoms with Gasteiger partial charge >= 0.3 is 0 Å². The van der Waals surface area contributed by atoms with E-state index in [4.69, 9.17) is 4.74 Å². The average molecular weight is 362 g/mol. The van der Waals surface area contributed by atoms with Crippen LogP contribution in [0.1, 0.15) is 12.0 Å². The standard InChI is InChI=1S/C17H22N4O3S/c1-24-15-4-2-13(3-5-15)6-9-18-16-7-10-19-17(21-16)20-14-8-11-25(22,23)12-14/h2-5,7,10,14H,6,8-9,11-12H2,1H3,(H2,18,19,20,21). The molecule has 8 heteroatoms. The van der Waals surface area contributed by atoms with E-state index in [0.29, 0.717) is 18.2 Å². The van der Waals surface area contributed by atoms with Crippen LogP contribution in [0, 0.1) is 0 Å². The van der Waals surface area contributed by atoms with Crippen LogP contribution in [0.15, 0.2) is 36.5 Å². The molecule has 1 atom stereocenters. The number of benzene rings is 1. The van der Waals surface area contributed by atoms with Gasteiger partial charge in [-0.3, -0.25) is 0 Å². The van der Waals surface area contributed by atoms with Crippen LogP contribution >= 0.6 is 0 Å². The zero-order valence-corrected chi connectivity index (χ0v) is 14.9. The first-order valence-electron chi connectivity index (χ1n) is 8.21. The van der Waals surface area contributed by atoms with Gasteiger partial charge in [0.05, 0.1) is 18.6 Å². The summed E-state index contributed by atoms with van der Waals surface area (Å²) >= 11 is 0. The Hall–Kier alpha value is -2.35. The van der Waals surface area contributed by atoms with Gasteiger partial charge < -0.3 is 15.4 Å². The van der Waals surface area contributed by atoms with Crippen LogP contribution in [-0.2, 0) is 16.3 Å². The van der Waals surface area contributed by atoms with Crippen molar-refractivity contribution in [2.45, 2.75) is 18.9 Å². The number of nitrogens with one attached hydrogen (secondary N) is 2. The molecule has 1 saturated heterocycles. The first kappa shape index (κ1) is 17.5. The molecular formula is C17H22N4O3S. The highest BCUT2D eigenvalue weighted by Gasteiger charge is 2.28. The van der Waals surface area contributed by atoms with E-state index in [2.05, 4.69) is 20.6 Å². The molecule has 2 N–H and O–H groups in total. The third-order valence-corrected chi connectivity index (χ3v) is 5.87. The van der Waals surface area contributed by atoms with Crippen LogP contribution in [-0.4, -0.2) is 49.6 Å². The molecular weight excluding hydrogens is 340 g/mol. The van der Waals surface area contributed by atoms with Crippen LogP contribution in [0.2, 0.25) is 0 Å². The lowest BCUT2D eigenvalue weighted by atomic mass is 10.1. The smallest absolute Gasteiger partial charge is 0.224 e. The fraction of sp³-hybridized carbons (Fsp3) is 0.412. The Labute approximate surface area is 147 Å². The quantitative estimate of drug-likeness (QED) is 0.775. The van der Waals surface area contributed by atoms with Crippen molar-refractivity contribution in [1.82, 2.24) is 9.97 Å². The summed E-state index contributed by atoms with van der Waals surface area (Å²) in [5.74, 6) is 2.39. The van der Waals surface area contributed by atoms with E-state index in [9.17, 15) is 8.42 Å². The molecule has 0 spiro atoms. The number of nitrogens with zero attached hydrogens (tertiary/aromatic N) is 2. The Balaban J connectivity index is 1.51. The van der Waals surface area contributed by atoms with Crippen molar-refractivity contribution < 1.29 is 13.2 Å². The fourth-order valence-corrected chi connectivity index (χ4v) is 4.42. The summed E-state index contributed by atoms with van der Waals surface area (Å²) in [6.07, 6.45) is 3.12. The third kappa shape index (κ3) is 5.06. The fourth-order valence-electron chi connectivity index (χ4n) is 2.75. The Morgan fingerprint density at radius 2 is 2.04 bits per heavy atom. The number of ether oxygens (including phenoxy) is 1. The van der Waals surface area contributed by atoms with E-state index in [1.165, 1.54) is 5.56 Å². The number of methoxy groups -OCH3 is 1. The molecule has 0 aliphatic carbocycles. The van der Waals surface area contributed by atoms with Crippen LogP contribution in [0.3, 0.4) is 0 Å². The highest BCUT2D eigenvalue weighted by atomic mass is 32.2. The van der Waals surface area contributed by atoms with Crippen molar-refractivity contribution in [3.63, 3.8) is 0 Å². The average Bonchev–Trinajstić information content (AvgIpc) is 2.94. The minimum Gasteiger partial charge on any atom is -0.497 e. The van der Waals surface area contributed by atoms with Gasteiger partial charge in [0.2, 0.25) is 5.95 Å². The summed E-state index contributed by atoms with van der Waals surface area (Å²) in [4.78, 5) is 8.56. The van der Waals surface area contributed by atoms with Crippen molar-refractivity contribution in [1.29, 1.82) is 0 Å². The number of sulfone groups is 1. The van der Waals surface area contributed by atoms with E-state index < -0.39 is 9.84 Å². The number of hydrogen-bond donors (Lipinski definition) is 2. The lowest BCUT2D eigenvalue weighted by Crippen LogP contribution is -2.22. The van der Waals surface area contributed by atoms with Gasteiger partial charge in [-0.1, -0.05) is 12.1 Å². The molecule has 2 aromatic rings. The van der Waals surface area contributed by atoms with Crippen LogP contribution < -0.4 is 15.4 Å². The minimum atomic E-state index is -2.92. The Kier molecular flexibility index (Phi) is 5.37. The Morgan fingerprint density at radius 1 is 1.24 bits per heavy atom. The summed E-state index contributed by atoms with van der Waals surface area (Å²) in [5, 5.41) is 6.37. The second kappa shape index (κ2) is 7.69. The van der Waals surface area contributed by atoms with Gasteiger partial charge in [-0.05, 0) is 36.6 Å². The van der Waals surface area contributed by atoms with Crippen molar-refractivity contribution in [2.24, 2.45) is 0 Å². The first-order chi connectivity index (χ1) is 12.0. The van der Waals surface area contributed by atoms with Gasteiger partial charge in [-0.25, -0.2) is 13.4 Å². The monoisotopic (exact) mass is 362 g/mol. The molecule has 2 heterocycles. The first-order valence-corrected chi connectivity index (χ1v) is 10.0. The number of aromatic nitrogens is 2. The molecule has 7 nitrogen and oxygen atoms in total. The number of hydrogen-bond acceptors (Lipinski definition) is 7. The van der Waals surface area contributed by atoms with E-state index in [0.717, 1.165) is 18.7 Å². The lowest BCUT2D eigenvalue weighted by Gasteiger charge is -2.12. The molecule has 3 rings (SSSR count). The zero-order chi connectivity index (χ0) is 17.7. The lowest BCUT2D eigenvalue weighted by molar-refractivity contribution is 0.414. The highest BCUT2D eigenvalue weighted by Crippen LogP contribution is 2.16. The molecule has 1 aliphatic rings. The normalized spacial score (nSPS) is 18.7. The highest BCUT2D eigenvalue weighted by molar-refractivity contribution is 7.91. The predicted octanol–water partition coefficient (Wildman–Crippen LogP) is 1.74. The van der Waals surface area contributed by atoms with Crippen molar-refractivity contribution in [3.05, 3.63) is 42.1 Å². The molecule has 1 aliphatic heterocycles. The van der Waals surface area contributed by atoms with E-state index in [-0.39, 0.29) is 17.5 Å². The van der Waals surface area contributed by atoms with Crippen LogP contribution in [0.4, 0.5) is 11.8 Å². The largest absolute Gasteiger partial charge is 0.497 e. The van der Waals surface area contributed by atoms with Gasteiger partial charge in [-0.2, -0.15) is 4.98 Å². The summed E-state index contributed by atoms with van der Waals surface area (Å²) in [5.41, 5.74) is 1.21. The van der Waals surface area contributed by atoms with Gasteiger partial charge in [0.1, 0.15) is 11.6 Å². The van der Waals surface area contributed by atoms with Gasteiger partial charge in [0.15, 0.2) is 9.84 Å². The van der Waals surface area contributed by atoms with Gasteiger partial charge in [0, 0.05) is 18.8 Å². The zero-order valence-electron chi connectivity index (χ0n) is 14.1. The van der Waals surface area contributed by atoms with E-state index in [1.807, 2.05) is 24.3 Å². The van der Waals surface area contributed by atoms with Crippen LogP contribution in [0.5, 0.6) is 5.75 Å². The van der Waals surface area contributed by atoms with E-state index >= 15 is 0 Å². The molecule has 1 unspecified atom stereocenters. The molecule has 0 saturated carbocycles. The molecule has 0 radical (unpaired) electrons. The van der Waals surface area contributed by atoms with Crippen molar-refractivity contribution in [2.75, 3.05) is 35.8 Å². The molecule has 1 aromatic carbocycles. The van der Waals surface area contributed by atoms with Gasteiger partial charge in [-0.15, -0.1) is 0 Å². The summed E-state index contributed by atoms with van der Waals surface area (Å²) in [7, 11) is -1.27. The summed E-state index contributed by atoms with van der Waals surface area (Å²) in [6.45, 7) is 0.737. The molecule has 1 aromatic heterocycles. The Morgan fingerprint density at radius 3 is 2.72 bits per heavy atom. The van der Waals surface area contributed by atoms with Gasteiger partial charge in [0.25, 0.3) is 0 Å². The number of rotatable bonds is 7. The summed E-state index contributed by atoms with van der Waals surface area (Å²) in [6, 6.07) is 9.64. The summed E-state index contributed by atoms with van der Waals surface area (Å²) < 4.78 is 28.2. The molecule has 0 amide bonds.